The van der Waals surface area contributed by atoms with Crippen LogP contribution >= 0.6 is 0 Å². The molecule has 1 aliphatic rings. The van der Waals surface area contributed by atoms with Crippen LogP contribution in [0.5, 0.6) is 0 Å². The summed E-state index contributed by atoms with van der Waals surface area (Å²) in [5.74, 6) is 0.0386. The van der Waals surface area contributed by atoms with Crippen LogP contribution in [0.1, 0.15) is 28.3 Å². The van der Waals surface area contributed by atoms with Crippen molar-refractivity contribution < 1.29 is 10.0 Å². The lowest BCUT2D eigenvalue weighted by molar-refractivity contribution is 0.0708. The monoisotopic (exact) mass is 318 g/mol. The molecule has 1 amide bonds. The van der Waals surface area contributed by atoms with Gasteiger partial charge in [0.15, 0.2) is 0 Å². The molecule has 2 unspecified atom stereocenters. The van der Waals surface area contributed by atoms with Gasteiger partial charge in [-0.3, -0.25) is 10.0 Å². The number of hydroxylamine groups is 1. The fourth-order valence-electron chi connectivity index (χ4n) is 3.31. The van der Waals surface area contributed by atoms with Crippen molar-refractivity contribution in [1.82, 2.24) is 5.48 Å². The zero-order valence-corrected chi connectivity index (χ0v) is 13.1. The van der Waals surface area contributed by atoms with E-state index in [0.29, 0.717) is 17.5 Å². The molecule has 3 N–H and O–H groups in total. The third kappa shape index (κ3) is 2.61. The molecule has 0 radical (unpaired) electrons. The molecule has 0 heterocycles. The SMILES string of the molecule is O=C(NO)c1ccc(NC2CC2c2ccccc2)c2ccccc12. The van der Waals surface area contributed by atoms with Crippen LogP contribution in [-0.2, 0) is 0 Å². The van der Waals surface area contributed by atoms with Crippen molar-refractivity contribution in [1.29, 1.82) is 0 Å². The van der Waals surface area contributed by atoms with Crippen LogP contribution in [0.3, 0.4) is 0 Å². The molecule has 3 aromatic rings. The van der Waals surface area contributed by atoms with Gasteiger partial charge in [-0.25, -0.2) is 5.48 Å². The highest BCUT2D eigenvalue weighted by Crippen LogP contribution is 2.43. The molecule has 0 bridgehead atoms. The zero-order chi connectivity index (χ0) is 16.5. The molecule has 4 rings (SSSR count). The zero-order valence-electron chi connectivity index (χ0n) is 13.1. The van der Waals surface area contributed by atoms with E-state index in [4.69, 9.17) is 5.21 Å². The van der Waals surface area contributed by atoms with E-state index in [9.17, 15) is 4.79 Å². The van der Waals surface area contributed by atoms with Crippen LogP contribution in [0.25, 0.3) is 10.8 Å². The summed E-state index contributed by atoms with van der Waals surface area (Å²) in [4.78, 5) is 11.8. The number of amides is 1. The molecule has 120 valence electrons. The van der Waals surface area contributed by atoms with Crippen molar-refractivity contribution >= 4 is 22.4 Å². The molecule has 24 heavy (non-hydrogen) atoms. The van der Waals surface area contributed by atoms with E-state index in [0.717, 1.165) is 22.9 Å². The summed E-state index contributed by atoms with van der Waals surface area (Å²) in [6.45, 7) is 0. The Morgan fingerprint density at radius 3 is 2.38 bits per heavy atom. The number of fused-ring (bicyclic) bond motifs is 1. The molecule has 1 fully saturated rings. The standard InChI is InChI=1S/C20H18N2O2/c23-20(22-24)16-10-11-18(15-9-5-4-8-14(15)16)21-19-12-17(19)13-6-2-1-3-7-13/h1-11,17,19,21,24H,12H2,(H,22,23). The Balaban J connectivity index is 1.63. The Morgan fingerprint density at radius 2 is 1.62 bits per heavy atom. The van der Waals surface area contributed by atoms with Crippen molar-refractivity contribution in [3.63, 3.8) is 0 Å². The maximum Gasteiger partial charge on any atom is 0.275 e. The van der Waals surface area contributed by atoms with Gasteiger partial charge >= 0.3 is 0 Å². The van der Waals surface area contributed by atoms with Crippen molar-refractivity contribution in [3.8, 4) is 0 Å². The molecule has 4 nitrogen and oxygen atoms in total. The van der Waals surface area contributed by atoms with Gasteiger partial charge < -0.3 is 5.32 Å². The fraction of sp³-hybridized carbons (Fsp3) is 0.150. The van der Waals surface area contributed by atoms with Crippen LogP contribution in [0, 0.1) is 0 Å². The number of nitrogens with one attached hydrogen (secondary N) is 2. The number of hydrogen-bond acceptors (Lipinski definition) is 3. The first-order valence-electron chi connectivity index (χ1n) is 8.05. The van der Waals surface area contributed by atoms with E-state index in [1.807, 2.05) is 36.4 Å². The minimum atomic E-state index is -0.494. The minimum absolute atomic E-state index is 0.410. The average molecular weight is 318 g/mol. The third-order valence-electron chi connectivity index (χ3n) is 4.63. The van der Waals surface area contributed by atoms with Gasteiger partial charge in [-0.1, -0.05) is 54.6 Å². The highest BCUT2D eigenvalue weighted by atomic mass is 16.5. The van der Waals surface area contributed by atoms with E-state index >= 15 is 0 Å². The van der Waals surface area contributed by atoms with Crippen LogP contribution in [0.2, 0.25) is 0 Å². The lowest BCUT2D eigenvalue weighted by Gasteiger charge is -2.12. The molecule has 4 heteroatoms. The second-order valence-corrected chi connectivity index (χ2v) is 6.15. The highest BCUT2D eigenvalue weighted by molar-refractivity contribution is 6.10. The molecular weight excluding hydrogens is 300 g/mol. The summed E-state index contributed by atoms with van der Waals surface area (Å²) in [6, 6.07) is 22.3. The molecule has 0 saturated heterocycles. The average Bonchev–Trinajstić information content (AvgIpc) is 3.41. The van der Waals surface area contributed by atoms with Gasteiger partial charge in [0, 0.05) is 28.6 Å². The highest BCUT2D eigenvalue weighted by Gasteiger charge is 2.38. The predicted octanol–water partition coefficient (Wildman–Crippen LogP) is 3.93. The maximum atomic E-state index is 11.8. The van der Waals surface area contributed by atoms with Crippen LogP contribution in [0.4, 0.5) is 5.69 Å². The molecule has 1 saturated carbocycles. The Labute approximate surface area is 140 Å². The molecule has 0 aromatic heterocycles. The Kier molecular flexibility index (Phi) is 3.67. The van der Waals surface area contributed by atoms with Gasteiger partial charge in [0.05, 0.1) is 0 Å². The number of hydrogen-bond donors (Lipinski definition) is 3. The Morgan fingerprint density at radius 1 is 0.917 bits per heavy atom. The number of rotatable bonds is 4. The summed E-state index contributed by atoms with van der Waals surface area (Å²) in [6.07, 6.45) is 1.11. The van der Waals surface area contributed by atoms with Gasteiger partial charge in [0.1, 0.15) is 0 Å². The van der Waals surface area contributed by atoms with Crippen molar-refractivity contribution in [2.24, 2.45) is 0 Å². The first-order valence-corrected chi connectivity index (χ1v) is 8.05. The second kappa shape index (κ2) is 5.98. The summed E-state index contributed by atoms with van der Waals surface area (Å²) < 4.78 is 0. The number of carbonyl (C=O) groups excluding carboxylic acids is 1. The topological polar surface area (TPSA) is 61.4 Å². The van der Waals surface area contributed by atoms with Gasteiger partial charge in [-0.05, 0) is 29.5 Å². The van der Waals surface area contributed by atoms with E-state index in [2.05, 4.69) is 29.6 Å². The largest absolute Gasteiger partial charge is 0.381 e. The van der Waals surface area contributed by atoms with Crippen molar-refractivity contribution in [2.75, 3.05) is 5.32 Å². The number of carbonyl (C=O) groups is 1. The second-order valence-electron chi connectivity index (χ2n) is 6.15. The molecule has 1 aliphatic carbocycles. The van der Waals surface area contributed by atoms with Gasteiger partial charge in [0.2, 0.25) is 0 Å². The summed E-state index contributed by atoms with van der Waals surface area (Å²) in [5.41, 5.74) is 4.56. The Bertz CT molecular complexity index is 893. The van der Waals surface area contributed by atoms with Crippen LogP contribution < -0.4 is 10.8 Å². The first kappa shape index (κ1) is 14.7. The van der Waals surface area contributed by atoms with Gasteiger partial charge in [0.25, 0.3) is 5.91 Å². The Hall–Kier alpha value is -2.85. The lowest BCUT2D eigenvalue weighted by atomic mass is 10.0. The maximum absolute atomic E-state index is 11.8. The third-order valence-corrected chi connectivity index (χ3v) is 4.63. The summed E-state index contributed by atoms with van der Waals surface area (Å²) in [7, 11) is 0. The summed E-state index contributed by atoms with van der Waals surface area (Å²) in [5, 5.41) is 14.3. The fourth-order valence-corrected chi connectivity index (χ4v) is 3.31. The van der Waals surface area contributed by atoms with Crippen molar-refractivity contribution in [2.45, 2.75) is 18.4 Å². The van der Waals surface area contributed by atoms with Gasteiger partial charge in [-0.15, -0.1) is 0 Å². The normalized spacial score (nSPS) is 19.0. The van der Waals surface area contributed by atoms with Crippen LogP contribution in [0.15, 0.2) is 66.7 Å². The smallest absolute Gasteiger partial charge is 0.275 e. The van der Waals surface area contributed by atoms with E-state index in [1.54, 1.807) is 11.5 Å². The van der Waals surface area contributed by atoms with Gasteiger partial charge in [-0.2, -0.15) is 0 Å². The molecule has 0 aliphatic heterocycles. The van der Waals surface area contributed by atoms with E-state index in [-0.39, 0.29) is 0 Å². The quantitative estimate of drug-likeness (QED) is 0.504. The van der Waals surface area contributed by atoms with Crippen molar-refractivity contribution in [3.05, 3.63) is 77.9 Å². The molecule has 2 atom stereocenters. The molecule has 3 aromatic carbocycles. The summed E-state index contributed by atoms with van der Waals surface area (Å²) >= 11 is 0. The molecular formula is C20H18N2O2. The molecule has 0 spiro atoms. The van der Waals surface area contributed by atoms with E-state index in [1.165, 1.54) is 5.56 Å². The number of anilines is 1. The number of benzene rings is 3. The minimum Gasteiger partial charge on any atom is -0.381 e. The lowest BCUT2D eigenvalue weighted by Crippen LogP contribution is -2.19. The van der Waals surface area contributed by atoms with Crippen LogP contribution in [-0.4, -0.2) is 17.2 Å². The van der Waals surface area contributed by atoms with E-state index < -0.39 is 5.91 Å². The predicted molar refractivity (Wildman–Crippen MR) is 94.4 cm³/mol. The first-order chi connectivity index (χ1) is 11.8.